The summed E-state index contributed by atoms with van der Waals surface area (Å²) in [6.07, 6.45) is 0.0312. The van der Waals surface area contributed by atoms with Gasteiger partial charge in [-0.05, 0) is 24.3 Å². The number of hydrogen-bond donors (Lipinski definition) is 3. The molecule has 4 N–H and O–H groups in total. The van der Waals surface area contributed by atoms with E-state index in [1.54, 1.807) is 11.8 Å². The molecule has 1 aromatic carbocycles. The average molecular weight is 274 g/mol. The first kappa shape index (κ1) is 10.4. The van der Waals surface area contributed by atoms with Crippen molar-refractivity contribution in [1.29, 1.82) is 0 Å². The van der Waals surface area contributed by atoms with Crippen molar-refractivity contribution in [3.05, 3.63) is 28.7 Å². The minimum atomic E-state index is 0.0312. The molecule has 76 valence electrons. The van der Waals surface area contributed by atoms with E-state index < -0.39 is 0 Å². The topological polar surface area (TPSA) is 50.1 Å². The summed E-state index contributed by atoms with van der Waals surface area (Å²) < 4.78 is 1.11. The lowest BCUT2D eigenvalue weighted by Gasteiger charge is -2.12. The Hall–Kier alpha value is -0.0700. The standard InChI is InChI=1S/C9H12BrN3S/c10-6-1-3-7(4-2-6)14-8-5-12-13-9(8)11/h1-4,8-9,12-13H,5,11H2. The summed E-state index contributed by atoms with van der Waals surface area (Å²) >= 11 is 5.21. The summed E-state index contributed by atoms with van der Waals surface area (Å²) in [5, 5.41) is 0.399. The average Bonchev–Trinajstić information content (AvgIpc) is 2.56. The molecule has 1 heterocycles. The second-order valence-electron chi connectivity index (χ2n) is 3.16. The first-order valence-corrected chi connectivity index (χ1v) is 6.09. The minimum Gasteiger partial charge on any atom is -0.314 e. The van der Waals surface area contributed by atoms with Crippen LogP contribution in [0.4, 0.5) is 0 Å². The van der Waals surface area contributed by atoms with Gasteiger partial charge < -0.3 is 5.73 Å². The number of benzene rings is 1. The molecule has 0 amide bonds. The number of hydrogen-bond acceptors (Lipinski definition) is 4. The predicted molar refractivity (Wildman–Crippen MR) is 62.9 cm³/mol. The van der Waals surface area contributed by atoms with Gasteiger partial charge in [0.05, 0.1) is 11.4 Å². The third-order valence-corrected chi connectivity index (χ3v) is 3.91. The van der Waals surface area contributed by atoms with Crippen molar-refractivity contribution >= 4 is 27.7 Å². The number of halogens is 1. The lowest BCUT2D eigenvalue weighted by Crippen LogP contribution is -2.40. The van der Waals surface area contributed by atoms with Crippen LogP contribution in [0, 0.1) is 0 Å². The van der Waals surface area contributed by atoms with Gasteiger partial charge in [0.25, 0.3) is 0 Å². The molecule has 1 aliphatic rings. The largest absolute Gasteiger partial charge is 0.314 e. The normalized spacial score (nSPS) is 26.7. The van der Waals surface area contributed by atoms with Crippen molar-refractivity contribution in [3.63, 3.8) is 0 Å². The molecule has 1 aliphatic heterocycles. The highest BCUT2D eigenvalue weighted by molar-refractivity contribution is 9.10. The van der Waals surface area contributed by atoms with Gasteiger partial charge in [-0.3, -0.25) is 5.43 Å². The molecular weight excluding hydrogens is 262 g/mol. The van der Waals surface area contributed by atoms with Gasteiger partial charge >= 0.3 is 0 Å². The Morgan fingerprint density at radius 3 is 2.64 bits per heavy atom. The van der Waals surface area contributed by atoms with Crippen LogP contribution in [0.3, 0.4) is 0 Å². The van der Waals surface area contributed by atoms with E-state index in [-0.39, 0.29) is 6.17 Å². The molecule has 14 heavy (non-hydrogen) atoms. The maximum Gasteiger partial charge on any atom is 0.0815 e. The molecule has 0 bridgehead atoms. The van der Waals surface area contributed by atoms with Gasteiger partial charge in [-0.25, -0.2) is 5.43 Å². The van der Waals surface area contributed by atoms with Crippen molar-refractivity contribution in [3.8, 4) is 0 Å². The summed E-state index contributed by atoms with van der Waals surface area (Å²) in [6, 6.07) is 8.28. The molecule has 0 aromatic heterocycles. The van der Waals surface area contributed by atoms with Gasteiger partial charge in [0.2, 0.25) is 0 Å². The Bertz CT molecular complexity index is 303. The number of nitrogens with one attached hydrogen (secondary N) is 2. The molecule has 2 unspecified atom stereocenters. The third kappa shape index (κ3) is 2.49. The molecule has 1 aromatic rings. The van der Waals surface area contributed by atoms with Crippen LogP contribution in [0.15, 0.2) is 33.6 Å². The quantitative estimate of drug-likeness (QED) is 0.761. The van der Waals surface area contributed by atoms with Gasteiger partial charge in [-0.15, -0.1) is 11.8 Å². The van der Waals surface area contributed by atoms with Crippen molar-refractivity contribution in [2.45, 2.75) is 16.3 Å². The Kier molecular flexibility index (Phi) is 3.46. The second kappa shape index (κ2) is 4.63. The number of nitrogens with two attached hydrogens (primary N) is 1. The maximum atomic E-state index is 5.85. The van der Waals surface area contributed by atoms with Crippen LogP contribution in [-0.4, -0.2) is 18.0 Å². The minimum absolute atomic E-state index is 0.0312. The summed E-state index contributed by atoms with van der Waals surface area (Å²) in [6.45, 7) is 0.905. The van der Waals surface area contributed by atoms with E-state index in [1.165, 1.54) is 4.90 Å². The summed E-state index contributed by atoms with van der Waals surface area (Å²) in [7, 11) is 0. The van der Waals surface area contributed by atoms with Crippen molar-refractivity contribution in [2.75, 3.05) is 6.54 Å². The third-order valence-electron chi connectivity index (χ3n) is 2.07. The first-order chi connectivity index (χ1) is 6.75. The van der Waals surface area contributed by atoms with E-state index >= 15 is 0 Å². The molecule has 1 saturated heterocycles. The van der Waals surface area contributed by atoms with Crippen molar-refractivity contribution < 1.29 is 0 Å². The highest BCUT2D eigenvalue weighted by atomic mass is 79.9. The SMILES string of the molecule is NC1NNCC1Sc1ccc(Br)cc1. The Morgan fingerprint density at radius 1 is 1.36 bits per heavy atom. The Labute approximate surface area is 95.9 Å². The van der Waals surface area contributed by atoms with E-state index in [0.717, 1.165) is 11.0 Å². The fraction of sp³-hybridized carbons (Fsp3) is 0.333. The number of hydrazine groups is 1. The van der Waals surface area contributed by atoms with Crippen LogP contribution in [0.2, 0.25) is 0 Å². The smallest absolute Gasteiger partial charge is 0.0815 e. The van der Waals surface area contributed by atoms with E-state index in [4.69, 9.17) is 5.73 Å². The summed E-state index contributed by atoms with van der Waals surface area (Å²) in [5.41, 5.74) is 11.9. The zero-order chi connectivity index (χ0) is 9.97. The molecule has 2 rings (SSSR count). The molecule has 2 atom stereocenters. The second-order valence-corrected chi connectivity index (χ2v) is 5.39. The van der Waals surface area contributed by atoms with Crippen LogP contribution in [0.1, 0.15) is 0 Å². The fourth-order valence-electron chi connectivity index (χ4n) is 1.30. The molecular formula is C9H12BrN3S. The van der Waals surface area contributed by atoms with Gasteiger partial charge in [-0.1, -0.05) is 15.9 Å². The Balaban J connectivity index is 2.00. The molecule has 0 spiro atoms. The van der Waals surface area contributed by atoms with E-state index in [1.807, 2.05) is 12.1 Å². The highest BCUT2D eigenvalue weighted by Gasteiger charge is 2.23. The van der Waals surface area contributed by atoms with E-state index in [0.29, 0.717) is 5.25 Å². The molecule has 5 heteroatoms. The fourth-order valence-corrected chi connectivity index (χ4v) is 2.59. The first-order valence-electron chi connectivity index (χ1n) is 4.42. The van der Waals surface area contributed by atoms with E-state index in [9.17, 15) is 0 Å². The predicted octanol–water partition coefficient (Wildman–Crippen LogP) is 1.30. The van der Waals surface area contributed by atoms with Crippen LogP contribution >= 0.6 is 27.7 Å². The highest BCUT2D eigenvalue weighted by Crippen LogP contribution is 2.26. The number of thioether (sulfide) groups is 1. The molecule has 3 nitrogen and oxygen atoms in total. The van der Waals surface area contributed by atoms with Gasteiger partial charge in [0.15, 0.2) is 0 Å². The lowest BCUT2D eigenvalue weighted by atomic mass is 10.4. The van der Waals surface area contributed by atoms with Crippen LogP contribution in [-0.2, 0) is 0 Å². The van der Waals surface area contributed by atoms with E-state index in [2.05, 4.69) is 38.9 Å². The molecule has 0 radical (unpaired) electrons. The molecule has 0 aliphatic carbocycles. The zero-order valence-corrected chi connectivity index (χ0v) is 9.94. The van der Waals surface area contributed by atoms with Crippen LogP contribution in [0.5, 0.6) is 0 Å². The summed E-state index contributed by atoms with van der Waals surface area (Å²) in [4.78, 5) is 1.25. The maximum absolute atomic E-state index is 5.85. The lowest BCUT2D eigenvalue weighted by molar-refractivity contribution is 0.577. The van der Waals surface area contributed by atoms with Crippen molar-refractivity contribution in [2.24, 2.45) is 5.73 Å². The van der Waals surface area contributed by atoms with Crippen LogP contribution in [0.25, 0.3) is 0 Å². The van der Waals surface area contributed by atoms with Crippen LogP contribution < -0.4 is 16.6 Å². The van der Waals surface area contributed by atoms with Gasteiger partial charge in [0, 0.05) is 15.9 Å². The molecule has 1 fully saturated rings. The van der Waals surface area contributed by atoms with Crippen molar-refractivity contribution in [1.82, 2.24) is 10.9 Å². The Morgan fingerprint density at radius 2 is 2.07 bits per heavy atom. The molecule has 0 saturated carbocycles. The monoisotopic (exact) mass is 273 g/mol. The zero-order valence-electron chi connectivity index (χ0n) is 7.53. The van der Waals surface area contributed by atoms with Gasteiger partial charge in [0.1, 0.15) is 0 Å². The summed E-state index contributed by atoms with van der Waals surface area (Å²) in [5.74, 6) is 0. The number of rotatable bonds is 2. The van der Waals surface area contributed by atoms with Gasteiger partial charge in [-0.2, -0.15) is 0 Å².